The average Bonchev–Trinajstić information content (AvgIpc) is 2.86. The minimum atomic E-state index is -0.958. The average molecular weight is 514 g/mol. The van der Waals surface area contributed by atoms with Crippen LogP contribution in [-0.2, 0) is 4.79 Å². The van der Waals surface area contributed by atoms with Gasteiger partial charge < -0.3 is 25.9 Å². The Morgan fingerprint density at radius 1 is 1.28 bits per heavy atom. The largest absolute Gasteiger partial charge is 0.484 e. The lowest BCUT2D eigenvalue weighted by Crippen LogP contribution is -2.46. The number of benzene rings is 2. The van der Waals surface area contributed by atoms with Gasteiger partial charge in [-0.25, -0.2) is 4.39 Å². The van der Waals surface area contributed by atoms with Gasteiger partial charge in [-0.2, -0.15) is 0 Å². The first-order valence-electron chi connectivity index (χ1n) is 11.4. The zero-order chi connectivity index (χ0) is 26.9. The molecule has 1 unspecified atom stereocenters. The maximum absolute atomic E-state index is 13.4. The summed E-state index contributed by atoms with van der Waals surface area (Å²) < 4.78 is 19.7. The minimum Gasteiger partial charge on any atom is -0.484 e. The SMILES string of the molecule is C=C(/C=C\C(F)=C/C)Nc1ccc(O[C@H](c2cccc(Cl)c2)C(C)NC(=O)C(C)(C)CO)cc1C=N. The van der Waals surface area contributed by atoms with Crippen molar-refractivity contribution in [2.45, 2.75) is 39.8 Å². The van der Waals surface area contributed by atoms with Gasteiger partial charge in [0, 0.05) is 28.2 Å². The van der Waals surface area contributed by atoms with Gasteiger partial charge in [0.2, 0.25) is 5.91 Å². The Kier molecular flexibility index (Phi) is 10.4. The molecular formula is C28H33ClFN3O3. The summed E-state index contributed by atoms with van der Waals surface area (Å²) in [5.41, 5.74) is 1.36. The molecule has 0 saturated carbocycles. The molecular weight excluding hydrogens is 481 g/mol. The van der Waals surface area contributed by atoms with Gasteiger partial charge in [-0.3, -0.25) is 4.79 Å². The van der Waals surface area contributed by atoms with Crippen LogP contribution in [0.2, 0.25) is 5.02 Å². The van der Waals surface area contributed by atoms with Gasteiger partial charge in [0.1, 0.15) is 17.7 Å². The van der Waals surface area contributed by atoms with E-state index in [0.717, 1.165) is 5.56 Å². The van der Waals surface area contributed by atoms with Gasteiger partial charge >= 0.3 is 0 Å². The summed E-state index contributed by atoms with van der Waals surface area (Å²) in [5, 5.41) is 23.9. The van der Waals surface area contributed by atoms with E-state index in [1.54, 1.807) is 57.2 Å². The molecule has 0 aliphatic heterocycles. The second-order valence-corrected chi connectivity index (χ2v) is 9.38. The number of aliphatic hydroxyl groups excluding tert-OH is 1. The van der Waals surface area contributed by atoms with Crippen LogP contribution in [-0.4, -0.2) is 29.9 Å². The van der Waals surface area contributed by atoms with E-state index in [0.29, 0.717) is 27.7 Å². The Hall–Kier alpha value is -3.42. The van der Waals surface area contributed by atoms with E-state index in [1.807, 2.05) is 13.0 Å². The fourth-order valence-corrected chi connectivity index (χ4v) is 3.38. The molecule has 2 aromatic rings. The van der Waals surface area contributed by atoms with Gasteiger partial charge in [-0.05, 0) is 75.7 Å². The number of amides is 1. The highest BCUT2D eigenvalue weighted by Gasteiger charge is 2.31. The van der Waals surface area contributed by atoms with E-state index < -0.39 is 17.6 Å². The van der Waals surface area contributed by atoms with Crippen LogP contribution in [0.15, 0.2) is 78.8 Å². The Bertz CT molecular complexity index is 1160. The number of rotatable bonds is 12. The van der Waals surface area contributed by atoms with Crippen molar-refractivity contribution in [3.63, 3.8) is 0 Å². The predicted octanol–water partition coefficient (Wildman–Crippen LogP) is 6.34. The quantitative estimate of drug-likeness (QED) is 0.197. The third kappa shape index (κ3) is 8.07. The number of anilines is 1. The standard InChI is InChI=1S/C28H33ClFN3O3/c1-6-23(30)11-10-18(2)32-25-13-12-24(15-21(25)16-31)36-26(20-8-7-9-22(29)14-20)19(3)33-27(35)28(4,5)17-34/h6-16,19,26,31-32,34H,2,17H2,1,3-5H3,(H,33,35)/b11-10-,23-6+,31-16?/t19?,26-/m0/s1. The van der Waals surface area contributed by atoms with Gasteiger partial charge in [0.25, 0.3) is 0 Å². The molecule has 0 aromatic heterocycles. The molecule has 2 atom stereocenters. The first kappa shape index (κ1) is 28.8. The number of ether oxygens (including phenoxy) is 1. The highest BCUT2D eigenvalue weighted by molar-refractivity contribution is 6.30. The molecule has 0 radical (unpaired) electrons. The van der Waals surface area contributed by atoms with Crippen LogP contribution >= 0.6 is 11.6 Å². The van der Waals surface area contributed by atoms with Gasteiger partial charge in [-0.15, -0.1) is 0 Å². The molecule has 1 amide bonds. The molecule has 4 N–H and O–H groups in total. The lowest BCUT2D eigenvalue weighted by Gasteiger charge is -2.30. The summed E-state index contributed by atoms with van der Waals surface area (Å²) in [4.78, 5) is 12.7. The Balaban J connectivity index is 2.32. The molecule has 2 aromatic carbocycles. The monoisotopic (exact) mass is 513 g/mol. The molecule has 0 aliphatic rings. The molecule has 0 spiro atoms. The maximum Gasteiger partial charge on any atom is 0.228 e. The molecule has 2 rings (SSSR count). The molecule has 0 saturated heterocycles. The first-order chi connectivity index (χ1) is 17.0. The number of hydrogen-bond donors (Lipinski definition) is 4. The van der Waals surface area contributed by atoms with E-state index in [-0.39, 0.29) is 18.3 Å². The summed E-state index contributed by atoms with van der Waals surface area (Å²) in [5.74, 6) is -0.231. The van der Waals surface area contributed by atoms with Crippen molar-refractivity contribution in [3.05, 3.63) is 94.9 Å². The first-order valence-corrected chi connectivity index (χ1v) is 11.8. The summed E-state index contributed by atoms with van der Waals surface area (Å²) in [6, 6.07) is 11.8. The number of carbonyl (C=O) groups is 1. The molecule has 0 bridgehead atoms. The third-order valence-corrected chi connectivity index (χ3v) is 5.69. The van der Waals surface area contributed by atoms with E-state index in [2.05, 4.69) is 17.2 Å². The molecule has 0 aliphatic carbocycles. The van der Waals surface area contributed by atoms with Crippen molar-refractivity contribution >= 4 is 29.4 Å². The molecule has 0 fully saturated rings. The second-order valence-electron chi connectivity index (χ2n) is 8.95. The van der Waals surface area contributed by atoms with Crippen molar-refractivity contribution in [2.75, 3.05) is 11.9 Å². The van der Waals surface area contributed by atoms with Crippen molar-refractivity contribution in [3.8, 4) is 5.75 Å². The van der Waals surface area contributed by atoms with Crippen LogP contribution in [0.3, 0.4) is 0 Å². The number of hydrogen-bond acceptors (Lipinski definition) is 5. The summed E-state index contributed by atoms with van der Waals surface area (Å²) in [6.07, 6.45) is 4.69. The topological polar surface area (TPSA) is 94.4 Å². The minimum absolute atomic E-state index is 0.298. The fraction of sp³-hybridized carbons (Fsp3) is 0.286. The number of aliphatic hydroxyl groups is 1. The molecule has 192 valence electrons. The Labute approximate surface area is 217 Å². The number of allylic oxidation sites excluding steroid dienone is 4. The Morgan fingerprint density at radius 2 is 2.00 bits per heavy atom. The summed E-state index contributed by atoms with van der Waals surface area (Å²) in [6.45, 7) is 10.3. The van der Waals surface area contributed by atoms with E-state index in [1.165, 1.54) is 24.4 Å². The van der Waals surface area contributed by atoms with Crippen LogP contribution in [0, 0.1) is 10.8 Å². The van der Waals surface area contributed by atoms with Crippen molar-refractivity contribution in [2.24, 2.45) is 5.41 Å². The zero-order valence-electron chi connectivity index (χ0n) is 20.9. The second kappa shape index (κ2) is 13.0. The molecule has 36 heavy (non-hydrogen) atoms. The van der Waals surface area contributed by atoms with Crippen LogP contribution in [0.1, 0.15) is 44.9 Å². The van der Waals surface area contributed by atoms with Crippen molar-refractivity contribution in [1.29, 1.82) is 5.41 Å². The lowest BCUT2D eigenvalue weighted by atomic mass is 9.92. The highest BCUT2D eigenvalue weighted by Crippen LogP contribution is 2.30. The Morgan fingerprint density at radius 3 is 2.61 bits per heavy atom. The lowest BCUT2D eigenvalue weighted by molar-refractivity contribution is -0.132. The number of nitrogens with one attached hydrogen (secondary N) is 3. The summed E-state index contributed by atoms with van der Waals surface area (Å²) in [7, 11) is 0. The van der Waals surface area contributed by atoms with Crippen LogP contribution in [0.5, 0.6) is 5.75 Å². The van der Waals surface area contributed by atoms with E-state index >= 15 is 0 Å². The van der Waals surface area contributed by atoms with Gasteiger partial charge in [0.05, 0.1) is 18.1 Å². The molecule has 0 heterocycles. The van der Waals surface area contributed by atoms with Crippen LogP contribution < -0.4 is 15.4 Å². The smallest absolute Gasteiger partial charge is 0.228 e. The maximum atomic E-state index is 13.4. The number of carbonyl (C=O) groups excluding carboxylic acids is 1. The molecule has 6 nitrogen and oxygen atoms in total. The third-order valence-electron chi connectivity index (χ3n) is 5.46. The highest BCUT2D eigenvalue weighted by atomic mass is 35.5. The van der Waals surface area contributed by atoms with Gasteiger partial charge in [0.15, 0.2) is 0 Å². The van der Waals surface area contributed by atoms with Crippen molar-refractivity contribution < 1.29 is 19.0 Å². The van der Waals surface area contributed by atoms with Gasteiger partial charge in [-0.1, -0.05) is 36.4 Å². The predicted molar refractivity (Wildman–Crippen MR) is 144 cm³/mol. The molecule has 8 heteroatoms. The van der Waals surface area contributed by atoms with Crippen LogP contribution in [0.4, 0.5) is 10.1 Å². The zero-order valence-corrected chi connectivity index (χ0v) is 21.7. The van der Waals surface area contributed by atoms with Crippen molar-refractivity contribution in [1.82, 2.24) is 5.32 Å². The number of halogens is 2. The van der Waals surface area contributed by atoms with Crippen LogP contribution in [0.25, 0.3) is 0 Å². The summed E-state index contributed by atoms with van der Waals surface area (Å²) >= 11 is 6.21. The fourth-order valence-electron chi connectivity index (χ4n) is 3.18. The van der Waals surface area contributed by atoms with E-state index in [4.69, 9.17) is 21.7 Å². The normalized spacial score (nSPS) is 13.7. The van der Waals surface area contributed by atoms with E-state index in [9.17, 15) is 14.3 Å².